The predicted octanol–water partition coefficient (Wildman–Crippen LogP) is 5.58. The minimum atomic E-state index is -3.49. The lowest BCUT2D eigenvalue weighted by Gasteiger charge is -2.29. The molecule has 0 spiro atoms. The fourth-order valence-corrected chi connectivity index (χ4v) is 5.97. The van der Waals surface area contributed by atoms with Crippen molar-refractivity contribution in [3.8, 4) is 11.1 Å². The average Bonchev–Trinajstić information content (AvgIpc) is 2.73. The van der Waals surface area contributed by atoms with Crippen molar-refractivity contribution in [2.75, 3.05) is 0 Å². The highest BCUT2D eigenvalue weighted by atomic mass is 32.2. The lowest BCUT2D eigenvalue weighted by atomic mass is 9.83. The van der Waals surface area contributed by atoms with Crippen LogP contribution in [-0.2, 0) is 16.3 Å². The standard InChI is InChI=1S/C24H18O2S/c25-27(26,18-9-2-1-3-10-18)24-16-23-19-11-5-4-8-17(19)14-15-21(23)20-12-6-7-13-22(20)24/h1-15,24H,16H2/t24-/m0/s1. The summed E-state index contributed by atoms with van der Waals surface area (Å²) in [6.07, 6.45) is 0.491. The predicted molar refractivity (Wildman–Crippen MR) is 109 cm³/mol. The van der Waals surface area contributed by atoms with Gasteiger partial charge in [0, 0.05) is 0 Å². The monoisotopic (exact) mass is 370 g/mol. The molecule has 1 aliphatic rings. The smallest absolute Gasteiger partial charge is 0.185 e. The summed E-state index contributed by atoms with van der Waals surface area (Å²) < 4.78 is 27.0. The molecule has 0 N–H and O–H groups in total. The van der Waals surface area contributed by atoms with Crippen LogP contribution in [0.5, 0.6) is 0 Å². The Balaban J connectivity index is 1.79. The molecule has 3 heteroatoms. The minimum Gasteiger partial charge on any atom is -0.223 e. The van der Waals surface area contributed by atoms with Gasteiger partial charge in [-0.15, -0.1) is 0 Å². The van der Waals surface area contributed by atoms with Crippen molar-refractivity contribution in [3.63, 3.8) is 0 Å². The van der Waals surface area contributed by atoms with Gasteiger partial charge in [0.15, 0.2) is 9.84 Å². The molecule has 0 saturated heterocycles. The lowest BCUT2D eigenvalue weighted by Crippen LogP contribution is -2.20. The second kappa shape index (κ2) is 6.07. The number of rotatable bonds is 2. The van der Waals surface area contributed by atoms with Crippen molar-refractivity contribution in [3.05, 3.63) is 102 Å². The second-order valence-corrected chi connectivity index (χ2v) is 9.08. The number of hydrogen-bond acceptors (Lipinski definition) is 2. The van der Waals surface area contributed by atoms with E-state index in [0.717, 1.165) is 33.0 Å². The SMILES string of the molecule is O=S(=O)(c1ccccc1)[C@H]1Cc2c(ccc3ccccc23)-c2ccccc21. The summed E-state index contributed by atoms with van der Waals surface area (Å²) in [5, 5.41) is 1.71. The Kier molecular flexibility index (Phi) is 3.66. The zero-order valence-corrected chi connectivity index (χ0v) is 15.5. The van der Waals surface area contributed by atoms with Crippen LogP contribution in [0.4, 0.5) is 0 Å². The highest BCUT2D eigenvalue weighted by Crippen LogP contribution is 2.45. The quantitative estimate of drug-likeness (QED) is 0.462. The summed E-state index contributed by atoms with van der Waals surface area (Å²) in [5.41, 5.74) is 4.18. The van der Waals surface area contributed by atoms with E-state index < -0.39 is 15.1 Å². The highest BCUT2D eigenvalue weighted by Gasteiger charge is 2.35. The Labute approximate surface area is 159 Å². The summed E-state index contributed by atoms with van der Waals surface area (Å²) in [7, 11) is -3.49. The first-order valence-corrected chi connectivity index (χ1v) is 10.6. The van der Waals surface area contributed by atoms with Crippen LogP contribution in [-0.4, -0.2) is 8.42 Å². The molecular formula is C24H18O2S. The van der Waals surface area contributed by atoms with E-state index in [9.17, 15) is 8.42 Å². The maximum atomic E-state index is 13.5. The van der Waals surface area contributed by atoms with E-state index in [1.165, 1.54) is 0 Å². The summed E-state index contributed by atoms with van der Waals surface area (Å²) >= 11 is 0. The molecule has 0 aromatic heterocycles. The van der Waals surface area contributed by atoms with Crippen LogP contribution in [0.15, 0.2) is 95.9 Å². The normalized spacial score (nSPS) is 15.9. The van der Waals surface area contributed by atoms with Gasteiger partial charge < -0.3 is 0 Å². The summed E-state index contributed by atoms with van der Waals surface area (Å²) in [4.78, 5) is 0.383. The van der Waals surface area contributed by atoms with Crippen LogP contribution in [0, 0.1) is 0 Å². The van der Waals surface area contributed by atoms with Gasteiger partial charge in [0.25, 0.3) is 0 Å². The van der Waals surface area contributed by atoms with Crippen molar-refractivity contribution in [2.24, 2.45) is 0 Å². The Morgan fingerprint density at radius 1 is 0.667 bits per heavy atom. The second-order valence-electron chi connectivity index (χ2n) is 6.95. The van der Waals surface area contributed by atoms with Gasteiger partial charge in [0.2, 0.25) is 0 Å². The molecule has 1 aliphatic carbocycles. The number of hydrogen-bond donors (Lipinski definition) is 0. The topological polar surface area (TPSA) is 34.1 Å². The fraction of sp³-hybridized carbons (Fsp3) is 0.0833. The van der Waals surface area contributed by atoms with Gasteiger partial charge in [-0.1, -0.05) is 78.9 Å². The van der Waals surface area contributed by atoms with Gasteiger partial charge in [-0.25, -0.2) is 8.42 Å². The van der Waals surface area contributed by atoms with Gasteiger partial charge in [0.1, 0.15) is 0 Å². The number of fused-ring (bicyclic) bond motifs is 5. The molecule has 1 atom stereocenters. The molecule has 4 aromatic carbocycles. The molecule has 0 unspecified atom stereocenters. The summed E-state index contributed by atoms with van der Waals surface area (Å²) in [6.45, 7) is 0. The highest BCUT2D eigenvalue weighted by molar-refractivity contribution is 7.91. The van der Waals surface area contributed by atoms with Gasteiger partial charge >= 0.3 is 0 Å². The summed E-state index contributed by atoms with van der Waals surface area (Å²) in [6, 6.07) is 29.2. The largest absolute Gasteiger partial charge is 0.223 e. The zero-order chi connectivity index (χ0) is 18.4. The van der Waals surface area contributed by atoms with Crippen molar-refractivity contribution >= 4 is 20.6 Å². The Bertz CT molecular complexity index is 1260. The van der Waals surface area contributed by atoms with E-state index in [1.54, 1.807) is 24.3 Å². The van der Waals surface area contributed by atoms with E-state index in [4.69, 9.17) is 0 Å². The average molecular weight is 370 g/mol. The van der Waals surface area contributed by atoms with Gasteiger partial charge in [-0.05, 0) is 51.6 Å². The van der Waals surface area contributed by atoms with Crippen molar-refractivity contribution in [2.45, 2.75) is 16.6 Å². The van der Waals surface area contributed by atoms with Crippen molar-refractivity contribution in [1.82, 2.24) is 0 Å². The Morgan fingerprint density at radius 2 is 1.37 bits per heavy atom. The molecule has 2 nitrogen and oxygen atoms in total. The zero-order valence-electron chi connectivity index (χ0n) is 14.7. The van der Waals surface area contributed by atoms with E-state index >= 15 is 0 Å². The Morgan fingerprint density at radius 3 is 2.22 bits per heavy atom. The third-order valence-electron chi connectivity index (χ3n) is 5.47. The molecule has 0 amide bonds. The van der Waals surface area contributed by atoms with Crippen LogP contribution in [0.25, 0.3) is 21.9 Å². The molecule has 132 valence electrons. The first kappa shape index (κ1) is 16.3. The first-order valence-electron chi connectivity index (χ1n) is 9.05. The molecule has 0 bridgehead atoms. The molecule has 4 aromatic rings. The van der Waals surface area contributed by atoms with Gasteiger partial charge in [0.05, 0.1) is 10.1 Å². The van der Waals surface area contributed by atoms with Crippen LogP contribution in [0.2, 0.25) is 0 Å². The fourth-order valence-electron chi connectivity index (χ4n) is 4.18. The van der Waals surface area contributed by atoms with E-state index in [-0.39, 0.29) is 0 Å². The van der Waals surface area contributed by atoms with Gasteiger partial charge in [-0.2, -0.15) is 0 Å². The number of benzene rings is 4. The maximum absolute atomic E-state index is 13.5. The van der Waals surface area contributed by atoms with E-state index in [1.807, 2.05) is 42.5 Å². The van der Waals surface area contributed by atoms with Crippen LogP contribution < -0.4 is 0 Å². The molecule has 5 rings (SSSR count). The first-order chi connectivity index (χ1) is 13.2. The molecule has 0 radical (unpaired) electrons. The maximum Gasteiger partial charge on any atom is 0.185 e. The van der Waals surface area contributed by atoms with Gasteiger partial charge in [-0.3, -0.25) is 0 Å². The van der Waals surface area contributed by atoms with E-state index in [0.29, 0.717) is 11.3 Å². The van der Waals surface area contributed by atoms with Crippen molar-refractivity contribution < 1.29 is 8.42 Å². The molecule has 0 aliphatic heterocycles. The third kappa shape index (κ3) is 2.50. The molecule has 0 heterocycles. The van der Waals surface area contributed by atoms with Crippen LogP contribution >= 0.6 is 0 Å². The summed E-state index contributed by atoms with van der Waals surface area (Å²) in [5.74, 6) is 0. The van der Waals surface area contributed by atoms with Crippen LogP contribution in [0.3, 0.4) is 0 Å². The molecule has 27 heavy (non-hydrogen) atoms. The third-order valence-corrected chi connectivity index (χ3v) is 7.57. The molecule has 0 fully saturated rings. The van der Waals surface area contributed by atoms with E-state index in [2.05, 4.69) is 24.3 Å². The molecular weight excluding hydrogens is 352 g/mol. The van der Waals surface area contributed by atoms with Crippen LogP contribution in [0.1, 0.15) is 16.4 Å². The molecule has 0 saturated carbocycles. The Hall–Kier alpha value is -2.91. The number of sulfone groups is 1. The minimum absolute atomic E-state index is 0.383. The lowest BCUT2D eigenvalue weighted by molar-refractivity contribution is 0.580. The van der Waals surface area contributed by atoms with Crippen molar-refractivity contribution in [1.29, 1.82) is 0 Å².